The molecule has 1 heterocycles. The van der Waals surface area contributed by atoms with E-state index < -0.39 is 5.82 Å². The lowest BCUT2D eigenvalue weighted by atomic mass is 10.0. The highest BCUT2D eigenvalue weighted by molar-refractivity contribution is 5.93. The summed E-state index contributed by atoms with van der Waals surface area (Å²) in [7, 11) is 0. The van der Waals surface area contributed by atoms with Gasteiger partial charge in [0.25, 0.3) is 0 Å². The molecule has 0 saturated heterocycles. The Morgan fingerprint density at radius 2 is 1.77 bits per heavy atom. The molecule has 5 heteroatoms. The Labute approximate surface area is 126 Å². The smallest absolute Gasteiger partial charge is 0.195 e. The van der Waals surface area contributed by atoms with Crippen LogP contribution in [-0.2, 0) is 0 Å². The molecule has 112 valence electrons. The summed E-state index contributed by atoms with van der Waals surface area (Å²) in [5, 5.41) is 0.358. The molecule has 4 nitrogen and oxygen atoms in total. The number of nitrogen functional groups attached to an aromatic ring is 2. The van der Waals surface area contributed by atoms with Gasteiger partial charge < -0.3 is 15.9 Å². The van der Waals surface area contributed by atoms with Crippen molar-refractivity contribution in [2.75, 3.05) is 11.5 Å². The van der Waals surface area contributed by atoms with Crippen molar-refractivity contribution in [1.82, 2.24) is 0 Å². The topological polar surface area (TPSA) is 82.2 Å². The van der Waals surface area contributed by atoms with Crippen LogP contribution in [0.15, 0.2) is 39.5 Å². The fraction of sp³-hybridized carbons (Fsp3) is 0.118. The van der Waals surface area contributed by atoms with Crippen LogP contribution in [0.25, 0.3) is 22.3 Å². The molecule has 0 spiro atoms. The third-order valence-electron chi connectivity index (χ3n) is 3.72. The van der Waals surface area contributed by atoms with Gasteiger partial charge in [0.05, 0.1) is 11.1 Å². The van der Waals surface area contributed by atoms with Crippen LogP contribution in [0.4, 0.5) is 15.8 Å². The van der Waals surface area contributed by atoms with Gasteiger partial charge in [-0.3, -0.25) is 4.79 Å². The van der Waals surface area contributed by atoms with Crippen molar-refractivity contribution in [1.29, 1.82) is 0 Å². The third-order valence-corrected chi connectivity index (χ3v) is 3.72. The second kappa shape index (κ2) is 4.87. The molecular formula is C17H15FN2O2. The van der Waals surface area contributed by atoms with E-state index in [-0.39, 0.29) is 16.9 Å². The first kappa shape index (κ1) is 14.1. The second-order valence-corrected chi connectivity index (χ2v) is 5.34. The van der Waals surface area contributed by atoms with E-state index in [0.29, 0.717) is 22.2 Å². The average molecular weight is 298 g/mol. The number of benzene rings is 2. The number of anilines is 2. The number of nitrogens with two attached hydrogens (primary N) is 2. The number of rotatable bonds is 1. The van der Waals surface area contributed by atoms with Crippen LogP contribution in [0.5, 0.6) is 0 Å². The summed E-state index contributed by atoms with van der Waals surface area (Å²) in [4.78, 5) is 12.4. The van der Waals surface area contributed by atoms with E-state index in [1.807, 2.05) is 19.9 Å². The zero-order valence-electron chi connectivity index (χ0n) is 12.2. The Hall–Kier alpha value is -2.82. The zero-order valence-corrected chi connectivity index (χ0v) is 12.2. The van der Waals surface area contributed by atoms with Crippen LogP contribution in [-0.4, -0.2) is 0 Å². The van der Waals surface area contributed by atoms with Crippen molar-refractivity contribution < 1.29 is 8.81 Å². The molecule has 0 bridgehead atoms. The normalized spacial score (nSPS) is 11.0. The lowest BCUT2D eigenvalue weighted by Crippen LogP contribution is -2.06. The van der Waals surface area contributed by atoms with Gasteiger partial charge in [0, 0.05) is 17.3 Å². The average Bonchev–Trinajstić information content (AvgIpc) is 2.47. The summed E-state index contributed by atoms with van der Waals surface area (Å²) in [6.07, 6.45) is 0. The monoisotopic (exact) mass is 298 g/mol. The standard InChI is InChI=1S/C17H15FN2O2/c1-8-5-9(2)17-15(16(8)20)13(21)7-14(22-17)10-3-4-12(19)11(18)6-10/h3-7H,19-20H2,1-2H3. The summed E-state index contributed by atoms with van der Waals surface area (Å²) in [5.41, 5.74) is 14.1. The summed E-state index contributed by atoms with van der Waals surface area (Å²) in [5.74, 6) is -0.275. The van der Waals surface area contributed by atoms with Gasteiger partial charge in [0.2, 0.25) is 0 Å². The third kappa shape index (κ3) is 2.11. The molecule has 22 heavy (non-hydrogen) atoms. The Bertz CT molecular complexity index is 961. The van der Waals surface area contributed by atoms with Crippen molar-refractivity contribution in [3.05, 3.63) is 57.5 Å². The predicted molar refractivity (Wildman–Crippen MR) is 86.2 cm³/mol. The molecule has 4 N–H and O–H groups in total. The molecule has 0 aliphatic heterocycles. The first-order valence-electron chi connectivity index (χ1n) is 6.77. The number of fused-ring (bicyclic) bond motifs is 1. The Morgan fingerprint density at radius 3 is 2.45 bits per heavy atom. The molecular weight excluding hydrogens is 283 g/mol. The molecule has 0 atom stereocenters. The lowest BCUT2D eigenvalue weighted by molar-refractivity contribution is 0.610. The molecule has 0 aliphatic carbocycles. The van der Waals surface area contributed by atoms with E-state index in [1.165, 1.54) is 18.2 Å². The van der Waals surface area contributed by atoms with E-state index in [0.717, 1.165) is 11.1 Å². The first-order chi connectivity index (χ1) is 10.4. The summed E-state index contributed by atoms with van der Waals surface area (Å²) in [6.45, 7) is 3.68. The highest BCUT2D eigenvalue weighted by Crippen LogP contribution is 2.30. The Balaban J connectivity index is 2.34. The summed E-state index contributed by atoms with van der Waals surface area (Å²) >= 11 is 0. The minimum absolute atomic E-state index is 0.0444. The largest absolute Gasteiger partial charge is 0.455 e. The molecule has 0 fully saturated rings. The minimum atomic E-state index is -0.555. The Morgan fingerprint density at radius 1 is 1.05 bits per heavy atom. The van der Waals surface area contributed by atoms with Crippen molar-refractivity contribution in [3.8, 4) is 11.3 Å². The number of halogens is 1. The molecule has 0 aliphatic rings. The van der Waals surface area contributed by atoms with Crippen LogP contribution in [0, 0.1) is 19.7 Å². The molecule has 0 unspecified atom stereocenters. The van der Waals surface area contributed by atoms with Crippen LogP contribution in [0.2, 0.25) is 0 Å². The minimum Gasteiger partial charge on any atom is -0.455 e. The summed E-state index contributed by atoms with van der Waals surface area (Å²) in [6, 6.07) is 7.46. The molecule has 0 saturated carbocycles. The van der Waals surface area contributed by atoms with Crippen LogP contribution in [0.3, 0.4) is 0 Å². The predicted octanol–water partition coefficient (Wildman–Crippen LogP) is 3.38. The van der Waals surface area contributed by atoms with Crippen LogP contribution < -0.4 is 16.9 Å². The highest BCUT2D eigenvalue weighted by Gasteiger charge is 2.14. The fourth-order valence-corrected chi connectivity index (χ4v) is 2.51. The van der Waals surface area contributed by atoms with Gasteiger partial charge in [0.15, 0.2) is 5.43 Å². The lowest BCUT2D eigenvalue weighted by Gasteiger charge is -2.10. The molecule has 2 aromatic carbocycles. The maximum absolute atomic E-state index is 13.6. The second-order valence-electron chi connectivity index (χ2n) is 5.34. The maximum Gasteiger partial charge on any atom is 0.195 e. The first-order valence-corrected chi connectivity index (χ1v) is 6.77. The number of aryl methyl sites for hydroxylation is 2. The van der Waals surface area contributed by atoms with Gasteiger partial charge in [-0.1, -0.05) is 6.07 Å². The molecule has 3 aromatic rings. The maximum atomic E-state index is 13.6. The molecule has 1 aromatic heterocycles. The van der Waals surface area contributed by atoms with Gasteiger partial charge in [0.1, 0.15) is 17.2 Å². The quantitative estimate of drug-likeness (QED) is 0.675. The van der Waals surface area contributed by atoms with Gasteiger partial charge in [-0.05, 0) is 43.2 Å². The van der Waals surface area contributed by atoms with Gasteiger partial charge in [-0.15, -0.1) is 0 Å². The fourth-order valence-electron chi connectivity index (χ4n) is 2.51. The van der Waals surface area contributed by atoms with E-state index >= 15 is 0 Å². The Kier molecular flexibility index (Phi) is 3.13. The van der Waals surface area contributed by atoms with Crippen LogP contribution >= 0.6 is 0 Å². The van der Waals surface area contributed by atoms with E-state index in [1.54, 1.807) is 6.07 Å². The van der Waals surface area contributed by atoms with Crippen molar-refractivity contribution in [2.24, 2.45) is 0 Å². The SMILES string of the molecule is Cc1cc(C)c2oc(-c3ccc(N)c(F)c3)cc(=O)c2c1N. The van der Waals surface area contributed by atoms with E-state index in [4.69, 9.17) is 15.9 Å². The number of hydrogen-bond donors (Lipinski definition) is 2. The van der Waals surface area contributed by atoms with E-state index in [2.05, 4.69) is 0 Å². The van der Waals surface area contributed by atoms with Gasteiger partial charge >= 0.3 is 0 Å². The van der Waals surface area contributed by atoms with Crippen molar-refractivity contribution in [3.63, 3.8) is 0 Å². The van der Waals surface area contributed by atoms with Gasteiger partial charge in [-0.2, -0.15) is 0 Å². The highest BCUT2D eigenvalue weighted by atomic mass is 19.1. The summed E-state index contributed by atoms with van der Waals surface area (Å²) < 4.78 is 19.4. The number of hydrogen-bond acceptors (Lipinski definition) is 4. The zero-order chi connectivity index (χ0) is 16.0. The molecule has 3 rings (SSSR count). The van der Waals surface area contributed by atoms with Crippen molar-refractivity contribution >= 4 is 22.3 Å². The van der Waals surface area contributed by atoms with Gasteiger partial charge in [-0.25, -0.2) is 4.39 Å². The van der Waals surface area contributed by atoms with E-state index in [9.17, 15) is 9.18 Å². The van der Waals surface area contributed by atoms with Crippen molar-refractivity contribution in [2.45, 2.75) is 13.8 Å². The molecule has 0 amide bonds. The molecule has 0 radical (unpaired) electrons. The van der Waals surface area contributed by atoms with Crippen LogP contribution in [0.1, 0.15) is 11.1 Å².